The number of nitrogens with two attached hydrogens (primary N) is 1. The fourth-order valence-electron chi connectivity index (χ4n) is 5.46. The van der Waals surface area contributed by atoms with Gasteiger partial charge in [0.1, 0.15) is 0 Å². The Morgan fingerprint density at radius 2 is 1.94 bits per heavy atom. The Balaban J connectivity index is 1.24. The molecule has 0 saturated carbocycles. The number of aliphatic imine (C=N–C) groups is 1. The molecule has 2 aromatic heterocycles. The number of carbonyl (C=O) groups is 3. The summed E-state index contributed by atoms with van der Waals surface area (Å²) in [6, 6.07) is 5.12. The zero-order valence-electron chi connectivity index (χ0n) is 27.5. The van der Waals surface area contributed by atoms with Crippen LogP contribution in [0.1, 0.15) is 35.7 Å². The molecule has 2 amide bonds. The number of guanidine groups is 1. The zero-order valence-corrected chi connectivity index (χ0v) is 27.5. The number of methoxy groups -OCH3 is 1. The molecule has 7 N–H and O–H groups in total. The number of amides is 2. The highest BCUT2D eigenvalue weighted by Gasteiger charge is 2.22. The third-order valence-corrected chi connectivity index (χ3v) is 7.95. The summed E-state index contributed by atoms with van der Waals surface area (Å²) in [6.07, 6.45) is 5.83. The van der Waals surface area contributed by atoms with Crippen molar-refractivity contribution in [1.82, 2.24) is 35.6 Å². The molecular weight excluding hydrogens is 654 g/mol. The fourth-order valence-corrected chi connectivity index (χ4v) is 5.46. The average molecular weight is 693 g/mol. The van der Waals surface area contributed by atoms with Crippen molar-refractivity contribution in [2.45, 2.75) is 32.2 Å². The molecule has 0 radical (unpaired) electrons. The Kier molecular flexibility index (Phi) is 11.7. The van der Waals surface area contributed by atoms with Gasteiger partial charge in [-0.25, -0.2) is 14.4 Å². The lowest BCUT2D eigenvalue weighted by Crippen LogP contribution is -2.44. The highest BCUT2D eigenvalue weighted by Crippen LogP contribution is 2.36. The number of nitrogens with one attached hydrogen (secondary N) is 5. The molecule has 15 nitrogen and oxygen atoms in total. The molecule has 3 heterocycles. The lowest BCUT2D eigenvalue weighted by molar-refractivity contribution is -0.122. The molecule has 50 heavy (non-hydrogen) atoms. The maximum Gasteiger partial charge on any atom is 0.298 e. The molecular formula is C33H38F2N10O5. The summed E-state index contributed by atoms with van der Waals surface area (Å²) in [7, 11) is 1.24. The zero-order chi connectivity index (χ0) is 35.6. The van der Waals surface area contributed by atoms with Gasteiger partial charge in [0.15, 0.2) is 34.7 Å². The first-order chi connectivity index (χ1) is 24.3. The van der Waals surface area contributed by atoms with Gasteiger partial charge in [-0.2, -0.15) is 4.39 Å². The minimum Gasteiger partial charge on any atom is -0.494 e. The Hall–Kier alpha value is -5.84. The molecule has 4 aromatic rings. The maximum absolute atomic E-state index is 14.9. The molecule has 0 saturated heterocycles. The highest BCUT2D eigenvalue weighted by atomic mass is 19.2. The second-order valence-electron chi connectivity index (χ2n) is 11.1. The summed E-state index contributed by atoms with van der Waals surface area (Å²) < 4.78 is 41.1. The second-order valence-corrected chi connectivity index (χ2v) is 11.1. The lowest BCUT2D eigenvalue weighted by atomic mass is 10.0. The average Bonchev–Trinajstić information content (AvgIpc) is 3.81. The van der Waals surface area contributed by atoms with Crippen LogP contribution in [-0.2, 0) is 16.0 Å². The van der Waals surface area contributed by atoms with Crippen molar-refractivity contribution in [3.63, 3.8) is 0 Å². The van der Waals surface area contributed by atoms with Crippen molar-refractivity contribution >= 4 is 41.4 Å². The van der Waals surface area contributed by atoms with Crippen LogP contribution in [-0.4, -0.2) is 84.5 Å². The summed E-state index contributed by atoms with van der Waals surface area (Å²) in [5, 5.41) is 14.8. The maximum atomic E-state index is 14.9. The molecule has 1 aliphatic heterocycles. The molecule has 1 atom stereocenters. The molecule has 264 valence electrons. The minimum absolute atomic E-state index is 0.0413. The lowest BCUT2D eigenvalue weighted by Gasteiger charge is -2.17. The third-order valence-electron chi connectivity index (χ3n) is 7.95. The summed E-state index contributed by atoms with van der Waals surface area (Å²) in [5.41, 5.74) is 7.50. The van der Waals surface area contributed by atoms with E-state index in [0.717, 1.165) is 19.0 Å². The Labute approximate surface area is 286 Å². The number of fused-ring (bicyclic) bond motifs is 1. The standard InChI is InChI=1S/C33H38F2N10O5/c1-3-19-20(31(47)38-11-12-39-32(48)22(36)5-4-10-40-33-41-13-14-42-33)6-8-23(28(19)50-18-46)44-29-30-43-17-24(45(30)16-15-37-29)21-7-9-25(49-2)27(35)26(21)34/h6-9,15-18,22H,3-5,10-14,36H2,1-2H3,(H,37,44)(H,38,47)(H,39,48)(H2,40,41,42)/t22-/m0/s1. The van der Waals surface area contributed by atoms with Gasteiger partial charge in [-0.15, -0.1) is 0 Å². The van der Waals surface area contributed by atoms with Crippen molar-refractivity contribution in [1.29, 1.82) is 0 Å². The molecule has 5 rings (SSSR count). The minimum atomic E-state index is -1.13. The van der Waals surface area contributed by atoms with Gasteiger partial charge in [-0.1, -0.05) is 6.92 Å². The summed E-state index contributed by atoms with van der Waals surface area (Å²) in [4.78, 5) is 50.1. The van der Waals surface area contributed by atoms with E-state index in [2.05, 4.69) is 41.5 Å². The van der Waals surface area contributed by atoms with Crippen LogP contribution < -0.4 is 41.8 Å². The van der Waals surface area contributed by atoms with E-state index in [1.807, 2.05) is 0 Å². The fraction of sp³-hybridized carbons (Fsp3) is 0.333. The van der Waals surface area contributed by atoms with E-state index in [9.17, 15) is 23.2 Å². The highest BCUT2D eigenvalue weighted by molar-refractivity contribution is 5.98. The second kappa shape index (κ2) is 16.5. The molecule has 17 heteroatoms. The summed E-state index contributed by atoms with van der Waals surface area (Å²) in [5.74, 6) is -2.16. The van der Waals surface area contributed by atoms with Crippen LogP contribution in [0.3, 0.4) is 0 Å². The topological polar surface area (TPSA) is 198 Å². The van der Waals surface area contributed by atoms with E-state index in [1.54, 1.807) is 19.1 Å². The molecule has 0 unspecified atom stereocenters. The summed E-state index contributed by atoms with van der Waals surface area (Å²) in [6.45, 7) is 4.52. The van der Waals surface area contributed by atoms with Crippen LogP contribution >= 0.6 is 0 Å². The number of halogens is 2. The van der Waals surface area contributed by atoms with Gasteiger partial charge < -0.3 is 41.8 Å². The molecule has 0 fully saturated rings. The number of aromatic nitrogens is 3. The van der Waals surface area contributed by atoms with E-state index < -0.39 is 23.6 Å². The number of anilines is 2. The van der Waals surface area contributed by atoms with Gasteiger partial charge in [-0.3, -0.25) is 23.8 Å². The van der Waals surface area contributed by atoms with Crippen LogP contribution in [0.5, 0.6) is 11.5 Å². The predicted octanol–water partition coefficient (Wildman–Crippen LogP) is 2.03. The number of rotatable bonds is 16. The number of ether oxygens (including phenoxy) is 2. The summed E-state index contributed by atoms with van der Waals surface area (Å²) >= 11 is 0. The van der Waals surface area contributed by atoms with E-state index >= 15 is 0 Å². The Morgan fingerprint density at radius 3 is 2.68 bits per heavy atom. The van der Waals surface area contributed by atoms with Crippen LogP contribution in [0.2, 0.25) is 0 Å². The van der Waals surface area contributed by atoms with Gasteiger partial charge in [0.2, 0.25) is 11.7 Å². The van der Waals surface area contributed by atoms with Gasteiger partial charge in [-0.05, 0) is 43.5 Å². The SMILES string of the molecule is CCc1c(C(=O)NCCNC(=O)[C@@H](N)CCCNC2=NCCN2)ccc(Nc2nccn3c(-c4ccc(OC)c(F)c4F)cnc23)c1OC=O. The van der Waals surface area contributed by atoms with Gasteiger partial charge in [0.05, 0.1) is 37.3 Å². The first-order valence-electron chi connectivity index (χ1n) is 16.0. The monoisotopic (exact) mass is 692 g/mol. The van der Waals surface area contributed by atoms with Gasteiger partial charge >= 0.3 is 0 Å². The number of hydrogen-bond donors (Lipinski definition) is 6. The van der Waals surface area contributed by atoms with Crippen molar-refractivity contribution in [3.05, 3.63) is 65.6 Å². The molecule has 1 aliphatic rings. The molecule has 0 spiro atoms. The van der Waals surface area contributed by atoms with Crippen LogP contribution in [0.25, 0.3) is 16.9 Å². The number of imidazole rings is 1. The van der Waals surface area contributed by atoms with E-state index in [0.29, 0.717) is 37.1 Å². The van der Waals surface area contributed by atoms with Crippen molar-refractivity contribution < 1.29 is 32.6 Å². The number of hydrogen-bond acceptors (Lipinski definition) is 12. The smallest absolute Gasteiger partial charge is 0.298 e. The van der Waals surface area contributed by atoms with Gasteiger partial charge in [0, 0.05) is 55.3 Å². The quantitative estimate of drug-likeness (QED) is 0.0742. The molecule has 0 bridgehead atoms. The number of nitrogens with zero attached hydrogens (tertiary/aromatic N) is 4. The molecule has 2 aromatic carbocycles. The van der Waals surface area contributed by atoms with Crippen LogP contribution in [0.4, 0.5) is 20.3 Å². The van der Waals surface area contributed by atoms with Crippen LogP contribution in [0.15, 0.2) is 47.8 Å². The third kappa shape index (κ3) is 7.89. The molecule has 0 aliphatic carbocycles. The van der Waals surface area contributed by atoms with Crippen molar-refractivity contribution in [3.8, 4) is 22.8 Å². The van der Waals surface area contributed by atoms with Crippen molar-refractivity contribution in [2.75, 3.05) is 45.2 Å². The normalized spacial score (nSPS) is 12.9. The van der Waals surface area contributed by atoms with Crippen LogP contribution in [0, 0.1) is 11.6 Å². The van der Waals surface area contributed by atoms with E-state index in [-0.39, 0.29) is 65.3 Å². The first-order valence-corrected chi connectivity index (χ1v) is 16.0. The predicted molar refractivity (Wildman–Crippen MR) is 182 cm³/mol. The van der Waals surface area contributed by atoms with E-state index in [4.69, 9.17) is 15.2 Å². The number of carbonyl (C=O) groups excluding carboxylic acids is 3. The van der Waals surface area contributed by atoms with Crippen molar-refractivity contribution in [2.24, 2.45) is 10.7 Å². The van der Waals surface area contributed by atoms with E-state index in [1.165, 1.54) is 42.2 Å². The first kappa shape index (κ1) is 35.5. The Morgan fingerprint density at radius 1 is 1.12 bits per heavy atom. The van der Waals surface area contributed by atoms with Gasteiger partial charge in [0.25, 0.3) is 12.4 Å². The number of benzene rings is 2. The largest absolute Gasteiger partial charge is 0.494 e. The Bertz CT molecular complexity index is 1900.